The number of likely N-dealkylation sites (tertiary alicyclic amines) is 1. The van der Waals surface area contributed by atoms with E-state index in [0.29, 0.717) is 24.5 Å². The zero-order valence-corrected chi connectivity index (χ0v) is 30.4. The lowest BCUT2D eigenvalue weighted by molar-refractivity contribution is -0.140. The summed E-state index contributed by atoms with van der Waals surface area (Å²) >= 11 is 0. The second-order valence-electron chi connectivity index (χ2n) is 14.6. The van der Waals surface area contributed by atoms with Crippen LogP contribution in [0.3, 0.4) is 0 Å². The Hall–Kier alpha value is -4.48. The molecule has 0 bridgehead atoms. The lowest BCUT2D eigenvalue weighted by Crippen LogP contribution is -2.58. The molecule has 3 aromatic rings. The molecule has 0 radical (unpaired) electrons. The van der Waals surface area contributed by atoms with Crippen molar-refractivity contribution in [3.05, 3.63) is 101 Å². The first-order chi connectivity index (χ1) is 23.2. The van der Waals surface area contributed by atoms with E-state index < -0.39 is 31.1 Å². The Kier molecular flexibility index (Phi) is 10.6. The van der Waals surface area contributed by atoms with E-state index in [-0.39, 0.29) is 44.5 Å². The SMILES string of the molecule is Cc1ccc(C)c(COc2ccc(C3(NC(=O)Cc4ccccc4)CCN(CC4(C)C(=O)NC(=O)N4COCC[Si](C)(C)C)C3=O)cc2)c1. The van der Waals surface area contributed by atoms with E-state index in [4.69, 9.17) is 9.47 Å². The fourth-order valence-electron chi connectivity index (χ4n) is 6.31. The molecule has 2 unspecified atom stereocenters. The molecule has 3 aromatic carbocycles. The molecular weight excluding hydrogens is 637 g/mol. The minimum atomic E-state index is -1.37. The fourth-order valence-corrected chi connectivity index (χ4v) is 7.07. The van der Waals surface area contributed by atoms with Crippen LogP contribution in [0.25, 0.3) is 0 Å². The van der Waals surface area contributed by atoms with Gasteiger partial charge in [-0.3, -0.25) is 24.6 Å². The van der Waals surface area contributed by atoms with Gasteiger partial charge in [-0.05, 0) is 61.2 Å². The highest BCUT2D eigenvalue weighted by molar-refractivity contribution is 6.76. The molecular formula is C38H48N4O6Si. The Morgan fingerprint density at radius 1 is 0.980 bits per heavy atom. The Morgan fingerprint density at radius 3 is 2.39 bits per heavy atom. The third-order valence-electron chi connectivity index (χ3n) is 9.48. The maximum atomic E-state index is 14.5. The Morgan fingerprint density at radius 2 is 1.69 bits per heavy atom. The zero-order chi connectivity index (χ0) is 35.4. The van der Waals surface area contributed by atoms with Gasteiger partial charge >= 0.3 is 6.03 Å². The number of carbonyl (C=O) groups excluding carboxylic acids is 4. The number of carbonyl (C=O) groups is 4. The van der Waals surface area contributed by atoms with E-state index in [1.54, 1.807) is 11.8 Å². The minimum absolute atomic E-state index is 0.0475. The second kappa shape index (κ2) is 14.6. The van der Waals surface area contributed by atoms with Gasteiger partial charge in [0.25, 0.3) is 11.8 Å². The van der Waals surface area contributed by atoms with Gasteiger partial charge in [0.2, 0.25) is 5.91 Å². The summed E-state index contributed by atoms with van der Waals surface area (Å²) < 4.78 is 12.0. The van der Waals surface area contributed by atoms with Crippen molar-refractivity contribution in [2.24, 2.45) is 0 Å². The molecule has 49 heavy (non-hydrogen) atoms. The zero-order valence-electron chi connectivity index (χ0n) is 29.4. The number of amides is 5. The van der Waals surface area contributed by atoms with Gasteiger partial charge in [0.05, 0.1) is 13.0 Å². The number of ether oxygens (including phenoxy) is 2. The highest BCUT2D eigenvalue weighted by Crippen LogP contribution is 2.37. The predicted molar refractivity (Wildman–Crippen MR) is 191 cm³/mol. The molecule has 2 aliphatic rings. The summed E-state index contributed by atoms with van der Waals surface area (Å²) in [5.74, 6) is -0.494. The molecule has 0 saturated carbocycles. The Labute approximate surface area is 290 Å². The Bertz CT molecular complexity index is 1690. The molecule has 2 saturated heterocycles. The predicted octanol–water partition coefficient (Wildman–Crippen LogP) is 5.29. The van der Waals surface area contributed by atoms with Crippen molar-refractivity contribution in [2.45, 2.75) is 77.0 Å². The third kappa shape index (κ3) is 8.22. The number of hydrogen-bond acceptors (Lipinski definition) is 6. The molecule has 2 heterocycles. The molecule has 2 fully saturated rings. The van der Waals surface area contributed by atoms with Crippen molar-refractivity contribution >= 4 is 31.8 Å². The standard InChI is InChI=1S/C38H48N4O6Si/c1-27-12-13-28(2)30(22-27)24-48-32-16-14-31(15-17-32)38(40-33(43)23-29-10-8-7-9-11-29)18-19-41(35(38)45)25-37(3)34(44)39-36(46)42(37)26-47-20-21-49(4,5)6/h7-17,22H,18-21,23-26H2,1-6H3,(H,40,43)(H,39,44,46). The summed E-state index contributed by atoms with van der Waals surface area (Å²) in [7, 11) is -1.36. The number of rotatable bonds is 14. The van der Waals surface area contributed by atoms with Crippen LogP contribution in [0.2, 0.25) is 25.7 Å². The molecule has 2 aliphatic heterocycles. The van der Waals surface area contributed by atoms with Gasteiger partial charge in [-0.1, -0.05) is 85.9 Å². The van der Waals surface area contributed by atoms with E-state index >= 15 is 0 Å². The maximum Gasteiger partial charge on any atom is 0.326 e. The summed E-state index contributed by atoms with van der Waals surface area (Å²) in [6.45, 7) is 13.5. The minimum Gasteiger partial charge on any atom is -0.489 e. The molecule has 5 amide bonds. The molecule has 10 nitrogen and oxygen atoms in total. The van der Waals surface area contributed by atoms with Gasteiger partial charge in [0.1, 0.15) is 30.2 Å². The van der Waals surface area contributed by atoms with Gasteiger partial charge in [0.15, 0.2) is 0 Å². The van der Waals surface area contributed by atoms with Gasteiger partial charge in [0, 0.05) is 27.6 Å². The normalized spacial score (nSPS) is 20.9. The largest absolute Gasteiger partial charge is 0.489 e. The summed E-state index contributed by atoms with van der Waals surface area (Å²) in [6.07, 6.45) is 0.386. The van der Waals surface area contributed by atoms with Crippen LogP contribution in [-0.2, 0) is 37.7 Å². The van der Waals surface area contributed by atoms with Gasteiger partial charge in [-0.15, -0.1) is 0 Å². The first-order valence-electron chi connectivity index (χ1n) is 16.8. The molecule has 260 valence electrons. The van der Waals surface area contributed by atoms with Crippen molar-refractivity contribution < 1.29 is 28.7 Å². The summed E-state index contributed by atoms with van der Waals surface area (Å²) in [6, 6.07) is 23.2. The van der Waals surface area contributed by atoms with Crippen molar-refractivity contribution in [1.82, 2.24) is 20.4 Å². The van der Waals surface area contributed by atoms with Crippen LogP contribution in [-0.4, -0.2) is 73.6 Å². The number of hydrogen-bond donors (Lipinski definition) is 2. The van der Waals surface area contributed by atoms with E-state index in [2.05, 4.69) is 48.5 Å². The monoisotopic (exact) mass is 684 g/mol. The second-order valence-corrected chi connectivity index (χ2v) is 20.3. The summed E-state index contributed by atoms with van der Waals surface area (Å²) in [4.78, 5) is 57.0. The van der Waals surface area contributed by atoms with Crippen molar-refractivity contribution in [3.63, 3.8) is 0 Å². The lowest BCUT2D eigenvalue weighted by atomic mass is 9.87. The van der Waals surface area contributed by atoms with Gasteiger partial charge < -0.3 is 19.7 Å². The first-order valence-corrected chi connectivity index (χ1v) is 20.6. The van der Waals surface area contributed by atoms with Crippen molar-refractivity contribution in [1.29, 1.82) is 0 Å². The molecule has 0 spiro atoms. The van der Waals surface area contributed by atoms with Crippen LogP contribution in [0.5, 0.6) is 5.75 Å². The van der Waals surface area contributed by atoms with E-state index in [0.717, 1.165) is 28.3 Å². The van der Waals surface area contributed by atoms with Crippen LogP contribution in [0, 0.1) is 13.8 Å². The van der Waals surface area contributed by atoms with Crippen LogP contribution in [0.1, 0.15) is 41.2 Å². The van der Waals surface area contributed by atoms with Crippen molar-refractivity contribution in [3.8, 4) is 5.75 Å². The molecule has 0 aliphatic carbocycles. The van der Waals surface area contributed by atoms with Crippen LogP contribution in [0.4, 0.5) is 4.79 Å². The number of benzene rings is 3. The quantitative estimate of drug-likeness (QED) is 0.135. The van der Waals surface area contributed by atoms with Crippen LogP contribution < -0.4 is 15.4 Å². The number of aryl methyl sites for hydroxylation is 2. The Balaban J connectivity index is 1.36. The maximum absolute atomic E-state index is 14.5. The van der Waals surface area contributed by atoms with Crippen LogP contribution >= 0.6 is 0 Å². The van der Waals surface area contributed by atoms with Gasteiger partial charge in [-0.2, -0.15) is 0 Å². The topological polar surface area (TPSA) is 117 Å². The average Bonchev–Trinajstić information content (AvgIpc) is 3.46. The van der Waals surface area contributed by atoms with Crippen LogP contribution in [0.15, 0.2) is 72.8 Å². The van der Waals surface area contributed by atoms with E-state index in [1.165, 1.54) is 4.90 Å². The highest BCUT2D eigenvalue weighted by Gasteiger charge is 2.55. The first kappa shape index (κ1) is 35.8. The van der Waals surface area contributed by atoms with E-state index in [1.807, 2.05) is 68.4 Å². The summed E-state index contributed by atoms with van der Waals surface area (Å²) in [5, 5.41) is 5.49. The molecule has 11 heteroatoms. The number of urea groups is 1. The number of nitrogens with one attached hydrogen (secondary N) is 2. The molecule has 2 atom stereocenters. The smallest absolute Gasteiger partial charge is 0.326 e. The summed E-state index contributed by atoms with van der Waals surface area (Å²) in [5.41, 5.74) is 2.11. The number of nitrogens with zero attached hydrogens (tertiary/aromatic N) is 2. The van der Waals surface area contributed by atoms with Crippen molar-refractivity contribution in [2.75, 3.05) is 26.4 Å². The van der Waals surface area contributed by atoms with Gasteiger partial charge in [-0.25, -0.2) is 4.79 Å². The lowest BCUT2D eigenvalue weighted by Gasteiger charge is -2.36. The molecule has 5 rings (SSSR count). The van der Waals surface area contributed by atoms with E-state index in [9.17, 15) is 19.2 Å². The number of imide groups is 1. The molecule has 0 aromatic heterocycles. The fraction of sp³-hybridized carbons (Fsp3) is 0.421. The third-order valence-corrected chi connectivity index (χ3v) is 11.2. The highest BCUT2D eigenvalue weighted by atomic mass is 28.3. The average molecular weight is 685 g/mol. The molecule has 2 N–H and O–H groups in total.